The zero-order chi connectivity index (χ0) is 20.2. The van der Waals surface area contributed by atoms with E-state index in [2.05, 4.69) is 5.32 Å². The predicted molar refractivity (Wildman–Crippen MR) is 112 cm³/mol. The average Bonchev–Trinajstić information content (AvgIpc) is 3.19. The molecule has 5 nitrogen and oxygen atoms in total. The number of carbonyl (C=O) groups excluding carboxylic acids is 3. The van der Waals surface area contributed by atoms with Crippen molar-refractivity contribution in [2.75, 3.05) is 6.54 Å². The molecule has 2 aliphatic rings. The lowest BCUT2D eigenvalue weighted by molar-refractivity contribution is -0.131. The SMILES string of the molecule is Cc1c(C(=O)CN2C(=O)N[C@@]3(CCCc4ccccc43)C2=O)sc2ccccc12. The van der Waals surface area contributed by atoms with Crippen LogP contribution in [-0.2, 0) is 16.8 Å². The van der Waals surface area contributed by atoms with Gasteiger partial charge in [-0.25, -0.2) is 4.79 Å². The van der Waals surface area contributed by atoms with Gasteiger partial charge < -0.3 is 5.32 Å². The summed E-state index contributed by atoms with van der Waals surface area (Å²) in [4.78, 5) is 40.8. The molecule has 1 aliphatic carbocycles. The lowest BCUT2D eigenvalue weighted by Crippen LogP contribution is -2.46. The number of amides is 3. The summed E-state index contributed by atoms with van der Waals surface area (Å²) in [7, 11) is 0. The van der Waals surface area contributed by atoms with Crippen LogP contribution in [0.2, 0.25) is 0 Å². The van der Waals surface area contributed by atoms with Gasteiger partial charge in [-0.2, -0.15) is 0 Å². The quantitative estimate of drug-likeness (QED) is 0.526. The van der Waals surface area contributed by atoms with Gasteiger partial charge in [0.05, 0.1) is 11.4 Å². The van der Waals surface area contributed by atoms with Crippen molar-refractivity contribution >= 4 is 39.1 Å². The summed E-state index contributed by atoms with van der Waals surface area (Å²) < 4.78 is 1.03. The summed E-state index contributed by atoms with van der Waals surface area (Å²) in [6.45, 7) is 1.68. The molecule has 1 atom stereocenters. The Morgan fingerprint density at radius 1 is 1.14 bits per heavy atom. The molecular weight excluding hydrogens is 384 g/mol. The Morgan fingerprint density at radius 2 is 1.90 bits per heavy atom. The minimum absolute atomic E-state index is 0.201. The van der Waals surface area contributed by atoms with Crippen molar-refractivity contribution in [2.24, 2.45) is 0 Å². The van der Waals surface area contributed by atoms with Crippen molar-refractivity contribution in [1.29, 1.82) is 0 Å². The maximum atomic E-state index is 13.4. The highest BCUT2D eigenvalue weighted by atomic mass is 32.1. The number of benzene rings is 2. The van der Waals surface area contributed by atoms with E-state index in [0.717, 1.165) is 44.5 Å². The van der Waals surface area contributed by atoms with Crippen LogP contribution in [0.1, 0.15) is 39.2 Å². The molecule has 0 bridgehead atoms. The minimum atomic E-state index is -1.04. The first-order chi connectivity index (χ1) is 14.0. The molecule has 1 spiro atoms. The number of ketones is 1. The number of urea groups is 1. The maximum Gasteiger partial charge on any atom is 0.325 e. The van der Waals surface area contributed by atoms with E-state index in [1.807, 2.05) is 55.5 Å². The third-order valence-electron chi connectivity index (χ3n) is 6.05. The standard InChI is InChI=1S/C23H20N2O3S/c1-14-16-9-3-5-11-19(16)29-20(14)18(26)13-25-21(27)23(24-22(25)28)12-6-8-15-7-2-4-10-17(15)23/h2-5,7,9-11H,6,8,12-13H2,1H3,(H,24,28)/t23-/m1/s1. The van der Waals surface area contributed by atoms with Crippen LogP contribution in [0.5, 0.6) is 0 Å². The molecule has 0 unspecified atom stereocenters. The number of nitrogens with zero attached hydrogens (tertiary/aromatic N) is 1. The molecule has 3 aromatic rings. The number of thiophene rings is 1. The normalized spacial score (nSPS) is 20.9. The predicted octanol–water partition coefficient (Wildman–Crippen LogP) is 4.18. The Morgan fingerprint density at radius 3 is 2.72 bits per heavy atom. The highest BCUT2D eigenvalue weighted by molar-refractivity contribution is 7.21. The van der Waals surface area contributed by atoms with Gasteiger partial charge in [-0.3, -0.25) is 14.5 Å². The van der Waals surface area contributed by atoms with Gasteiger partial charge in [-0.05, 0) is 54.3 Å². The second kappa shape index (κ2) is 6.52. The van der Waals surface area contributed by atoms with E-state index in [-0.39, 0.29) is 18.2 Å². The Balaban J connectivity index is 1.47. The van der Waals surface area contributed by atoms with Gasteiger partial charge in [0.1, 0.15) is 5.54 Å². The van der Waals surface area contributed by atoms with Crippen LogP contribution in [-0.4, -0.2) is 29.2 Å². The topological polar surface area (TPSA) is 66.5 Å². The fourth-order valence-electron chi connectivity index (χ4n) is 4.61. The van der Waals surface area contributed by atoms with E-state index in [1.165, 1.54) is 11.3 Å². The van der Waals surface area contributed by atoms with Gasteiger partial charge in [-0.15, -0.1) is 11.3 Å². The number of hydrogen-bond donors (Lipinski definition) is 1. The molecule has 3 amide bonds. The zero-order valence-electron chi connectivity index (χ0n) is 16.0. The number of Topliss-reactive ketones (excluding diaryl/α,β-unsaturated/α-hetero) is 1. The summed E-state index contributed by atoms with van der Waals surface area (Å²) in [6, 6.07) is 15.1. The fourth-order valence-corrected chi connectivity index (χ4v) is 5.75. The third-order valence-corrected chi connectivity index (χ3v) is 7.36. The molecule has 2 aromatic carbocycles. The number of imide groups is 1. The van der Waals surface area contributed by atoms with Crippen LogP contribution in [0.15, 0.2) is 48.5 Å². The second-order valence-corrected chi connectivity index (χ2v) is 8.77. The van der Waals surface area contributed by atoms with Gasteiger partial charge in [0.2, 0.25) is 0 Å². The van der Waals surface area contributed by atoms with E-state index in [0.29, 0.717) is 11.3 Å². The first-order valence-corrected chi connectivity index (χ1v) is 10.6. The van der Waals surface area contributed by atoms with E-state index in [1.54, 1.807) is 0 Å². The molecule has 146 valence electrons. The lowest BCUT2D eigenvalue weighted by Gasteiger charge is -2.33. The van der Waals surface area contributed by atoms with Gasteiger partial charge in [0.15, 0.2) is 5.78 Å². The first-order valence-electron chi connectivity index (χ1n) is 9.75. The summed E-state index contributed by atoms with van der Waals surface area (Å²) >= 11 is 1.41. The van der Waals surface area contributed by atoms with Crippen LogP contribution < -0.4 is 5.32 Å². The summed E-state index contributed by atoms with van der Waals surface area (Å²) in [5, 5.41) is 3.95. The van der Waals surface area contributed by atoms with Crippen molar-refractivity contribution in [3.8, 4) is 0 Å². The van der Waals surface area contributed by atoms with Crippen LogP contribution in [0.25, 0.3) is 10.1 Å². The third kappa shape index (κ3) is 2.63. The summed E-state index contributed by atoms with van der Waals surface area (Å²) in [5.74, 6) is -0.518. The summed E-state index contributed by atoms with van der Waals surface area (Å²) in [6.07, 6.45) is 2.27. The van der Waals surface area contributed by atoms with E-state index in [4.69, 9.17) is 0 Å². The molecule has 1 aromatic heterocycles. The molecule has 5 rings (SSSR count). The van der Waals surface area contributed by atoms with Gasteiger partial charge >= 0.3 is 6.03 Å². The van der Waals surface area contributed by atoms with E-state index in [9.17, 15) is 14.4 Å². The van der Waals surface area contributed by atoms with Crippen molar-refractivity contribution in [2.45, 2.75) is 31.7 Å². The van der Waals surface area contributed by atoms with Gasteiger partial charge in [0.25, 0.3) is 5.91 Å². The monoisotopic (exact) mass is 404 g/mol. The maximum absolute atomic E-state index is 13.4. The minimum Gasteiger partial charge on any atom is -0.319 e. The van der Waals surface area contributed by atoms with E-state index >= 15 is 0 Å². The molecule has 0 radical (unpaired) electrons. The molecule has 1 saturated heterocycles. The van der Waals surface area contributed by atoms with Crippen LogP contribution >= 0.6 is 11.3 Å². The molecular formula is C23H20N2O3S. The van der Waals surface area contributed by atoms with Crippen LogP contribution in [0, 0.1) is 6.92 Å². The zero-order valence-corrected chi connectivity index (χ0v) is 16.8. The van der Waals surface area contributed by atoms with Gasteiger partial charge in [0, 0.05) is 4.70 Å². The second-order valence-electron chi connectivity index (χ2n) is 7.71. The molecule has 29 heavy (non-hydrogen) atoms. The van der Waals surface area contributed by atoms with E-state index < -0.39 is 11.6 Å². The Hall–Kier alpha value is -2.99. The smallest absolute Gasteiger partial charge is 0.319 e. The van der Waals surface area contributed by atoms with Crippen molar-refractivity contribution in [3.05, 3.63) is 70.1 Å². The highest BCUT2D eigenvalue weighted by Crippen LogP contribution is 2.40. The number of fused-ring (bicyclic) bond motifs is 3. The van der Waals surface area contributed by atoms with Gasteiger partial charge in [-0.1, -0.05) is 42.5 Å². The van der Waals surface area contributed by atoms with Crippen molar-refractivity contribution in [3.63, 3.8) is 0 Å². The average molecular weight is 404 g/mol. The molecule has 1 N–H and O–H groups in total. The largest absolute Gasteiger partial charge is 0.325 e. The van der Waals surface area contributed by atoms with Crippen molar-refractivity contribution < 1.29 is 14.4 Å². The number of hydrogen-bond acceptors (Lipinski definition) is 4. The Labute approximate surface area is 172 Å². The number of carbonyl (C=O) groups is 3. The number of aryl methyl sites for hydroxylation is 2. The molecule has 0 saturated carbocycles. The lowest BCUT2D eigenvalue weighted by atomic mass is 9.76. The Kier molecular flexibility index (Phi) is 4.06. The van der Waals surface area contributed by atoms with Crippen LogP contribution in [0.3, 0.4) is 0 Å². The highest BCUT2D eigenvalue weighted by Gasteiger charge is 2.54. The van der Waals surface area contributed by atoms with Crippen molar-refractivity contribution in [1.82, 2.24) is 10.2 Å². The van der Waals surface area contributed by atoms with Crippen LogP contribution in [0.4, 0.5) is 4.79 Å². The first kappa shape index (κ1) is 18.1. The number of nitrogens with one attached hydrogen (secondary N) is 1. The molecule has 1 aliphatic heterocycles. The molecule has 2 heterocycles. The molecule has 6 heteroatoms. The number of rotatable bonds is 3. The Bertz CT molecular complexity index is 1180. The summed E-state index contributed by atoms with van der Waals surface area (Å²) in [5.41, 5.74) is 1.81. The fraction of sp³-hybridized carbons (Fsp3) is 0.261. The molecule has 1 fully saturated rings.